The van der Waals surface area contributed by atoms with Gasteiger partial charge in [-0.25, -0.2) is 4.79 Å². The zero-order valence-electron chi connectivity index (χ0n) is 19.6. The second-order valence-corrected chi connectivity index (χ2v) is 8.54. The normalized spacial score (nSPS) is 13.7. The maximum atomic E-state index is 12.4. The number of rotatable bonds is 10. The number of piperidine rings is 1. The van der Waals surface area contributed by atoms with Gasteiger partial charge in [0, 0.05) is 37.3 Å². The monoisotopic (exact) mass is 481 g/mol. The first-order valence-corrected chi connectivity index (χ1v) is 11.8. The van der Waals surface area contributed by atoms with E-state index in [4.69, 9.17) is 9.84 Å². The van der Waals surface area contributed by atoms with Crippen molar-refractivity contribution in [3.63, 3.8) is 0 Å². The fourth-order valence-corrected chi connectivity index (χ4v) is 3.90. The summed E-state index contributed by atoms with van der Waals surface area (Å²) in [6.07, 6.45) is 2.23. The number of carboxylic acids is 1. The number of nitrogens with one attached hydrogen (secondary N) is 2. The van der Waals surface area contributed by atoms with Gasteiger partial charge in [-0.15, -0.1) is 0 Å². The molecule has 0 aliphatic carbocycles. The molecular weight excluding hydrogens is 450 g/mol. The summed E-state index contributed by atoms with van der Waals surface area (Å²) in [6.45, 7) is 1.51. The second-order valence-electron chi connectivity index (χ2n) is 8.54. The summed E-state index contributed by atoms with van der Waals surface area (Å²) in [6, 6.07) is 16.1. The Morgan fingerprint density at radius 1 is 0.971 bits per heavy atom. The highest BCUT2D eigenvalue weighted by Crippen LogP contribution is 2.23. The minimum atomic E-state index is -0.986. The number of carbonyl (C=O) groups excluding carboxylic acids is 3. The second kappa shape index (κ2) is 13.1. The van der Waals surface area contributed by atoms with E-state index in [1.165, 1.54) is 0 Å². The van der Waals surface area contributed by atoms with E-state index in [2.05, 4.69) is 10.6 Å². The predicted octanol–water partition coefficient (Wildman–Crippen LogP) is 3.66. The van der Waals surface area contributed by atoms with Gasteiger partial charge in [0.15, 0.2) is 0 Å². The molecule has 9 heteroatoms. The third kappa shape index (κ3) is 8.77. The van der Waals surface area contributed by atoms with Crippen LogP contribution in [0.15, 0.2) is 54.6 Å². The minimum Gasteiger partial charge on any atom is -0.481 e. The molecule has 1 saturated heterocycles. The largest absolute Gasteiger partial charge is 0.481 e. The van der Waals surface area contributed by atoms with Crippen LogP contribution in [0.3, 0.4) is 0 Å². The number of likely N-dealkylation sites (tertiary alicyclic amines) is 1. The zero-order chi connectivity index (χ0) is 25.0. The van der Waals surface area contributed by atoms with Gasteiger partial charge >= 0.3 is 12.1 Å². The molecule has 3 rings (SSSR count). The Bertz CT molecular complexity index is 1020. The lowest BCUT2D eigenvalue weighted by Gasteiger charge is -2.31. The van der Waals surface area contributed by atoms with Crippen LogP contribution in [0.4, 0.5) is 10.5 Å². The van der Waals surface area contributed by atoms with Gasteiger partial charge < -0.3 is 25.4 Å². The fraction of sp³-hybridized carbons (Fsp3) is 0.385. The summed E-state index contributed by atoms with van der Waals surface area (Å²) in [4.78, 5) is 49.1. The Morgan fingerprint density at radius 2 is 1.71 bits per heavy atom. The lowest BCUT2D eigenvalue weighted by Crippen LogP contribution is -2.38. The number of carbonyl (C=O) groups is 4. The van der Waals surface area contributed by atoms with Gasteiger partial charge in [-0.2, -0.15) is 0 Å². The van der Waals surface area contributed by atoms with Crippen molar-refractivity contribution in [1.82, 2.24) is 10.2 Å². The first kappa shape index (κ1) is 25.7. The molecule has 1 aliphatic heterocycles. The molecule has 186 valence electrons. The molecule has 1 aliphatic rings. The number of carboxylic acid groups (broad SMARTS) is 1. The highest BCUT2D eigenvalue weighted by Gasteiger charge is 2.24. The molecule has 0 radical (unpaired) electrons. The SMILES string of the molecule is O=C(O)CCNC(=O)c1cccc(NC(=O)CCC2CCN(C(=O)OCc3ccccc3)CC2)c1. The van der Waals surface area contributed by atoms with E-state index in [1.807, 2.05) is 30.3 Å². The molecule has 0 atom stereocenters. The summed E-state index contributed by atoms with van der Waals surface area (Å²) in [5, 5.41) is 14.0. The number of benzene rings is 2. The van der Waals surface area contributed by atoms with Crippen LogP contribution in [-0.2, 0) is 20.9 Å². The van der Waals surface area contributed by atoms with E-state index in [1.54, 1.807) is 29.2 Å². The van der Waals surface area contributed by atoms with Gasteiger partial charge in [-0.1, -0.05) is 36.4 Å². The van der Waals surface area contributed by atoms with E-state index in [0.29, 0.717) is 43.1 Å². The lowest BCUT2D eigenvalue weighted by molar-refractivity contribution is -0.136. The fourth-order valence-electron chi connectivity index (χ4n) is 3.90. The standard InChI is InChI=1S/C26H31N3O6/c30-23(28-22-8-4-7-21(17-22)25(33)27-14-11-24(31)32)10-9-19-12-15-29(16-13-19)26(34)35-18-20-5-2-1-3-6-20/h1-8,17,19H,9-16,18H2,(H,27,33)(H,28,30)(H,31,32). The van der Waals surface area contributed by atoms with E-state index < -0.39 is 11.9 Å². The first-order valence-electron chi connectivity index (χ1n) is 11.8. The topological polar surface area (TPSA) is 125 Å². The molecule has 3 N–H and O–H groups in total. The Morgan fingerprint density at radius 3 is 2.43 bits per heavy atom. The summed E-state index contributed by atoms with van der Waals surface area (Å²) in [5.41, 5.74) is 1.81. The highest BCUT2D eigenvalue weighted by atomic mass is 16.6. The molecular formula is C26H31N3O6. The van der Waals surface area contributed by atoms with Crippen LogP contribution in [0, 0.1) is 5.92 Å². The highest BCUT2D eigenvalue weighted by molar-refractivity contribution is 5.97. The van der Waals surface area contributed by atoms with Crippen molar-refractivity contribution < 1.29 is 29.0 Å². The van der Waals surface area contributed by atoms with Crippen LogP contribution in [0.25, 0.3) is 0 Å². The Labute approximate surface area is 204 Å². The van der Waals surface area contributed by atoms with Crippen LogP contribution in [-0.4, -0.2) is 53.5 Å². The predicted molar refractivity (Wildman–Crippen MR) is 130 cm³/mol. The summed E-state index contributed by atoms with van der Waals surface area (Å²) >= 11 is 0. The van der Waals surface area contributed by atoms with Crippen LogP contribution >= 0.6 is 0 Å². The van der Waals surface area contributed by atoms with Crippen molar-refractivity contribution in [3.05, 3.63) is 65.7 Å². The summed E-state index contributed by atoms with van der Waals surface area (Å²) < 4.78 is 5.39. The number of anilines is 1. The smallest absolute Gasteiger partial charge is 0.410 e. The molecule has 1 fully saturated rings. The maximum absolute atomic E-state index is 12.4. The Kier molecular flexibility index (Phi) is 9.65. The van der Waals surface area contributed by atoms with Gasteiger partial charge in [0.1, 0.15) is 6.61 Å². The molecule has 0 spiro atoms. The Hall–Kier alpha value is -3.88. The summed E-state index contributed by atoms with van der Waals surface area (Å²) in [7, 11) is 0. The number of hydrogen-bond acceptors (Lipinski definition) is 5. The van der Waals surface area contributed by atoms with Gasteiger partial charge in [-0.3, -0.25) is 14.4 Å². The quantitative estimate of drug-likeness (QED) is 0.476. The molecule has 0 saturated carbocycles. The van der Waals surface area contributed by atoms with Crippen molar-refractivity contribution in [2.75, 3.05) is 25.0 Å². The molecule has 9 nitrogen and oxygen atoms in total. The Balaban J connectivity index is 1.36. The number of aliphatic carboxylic acids is 1. The van der Waals surface area contributed by atoms with E-state index in [9.17, 15) is 19.2 Å². The molecule has 35 heavy (non-hydrogen) atoms. The summed E-state index contributed by atoms with van der Waals surface area (Å²) in [5.74, 6) is -1.17. The van der Waals surface area contributed by atoms with E-state index in [-0.39, 0.29) is 31.6 Å². The molecule has 2 aromatic carbocycles. The van der Waals surface area contributed by atoms with Crippen LogP contribution in [0.5, 0.6) is 0 Å². The molecule has 0 aromatic heterocycles. The van der Waals surface area contributed by atoms with Crippen molar-refractivity contribution >= 4 is 29.6 Å². The number of nitrogens with zero attached hydrogens (tertiary/aromatic N) is 1. The third-order valence-electron chi connectivity index (χ3n) is 5.89. The van der Waals surface area contributed by atoms with E-state index in [0.717, 1.165) is 18.4 Å². The van der Waals surface area contributed by atoms with Gasteiger partial charge in [0.25, 0.3) is 5.91 Å². The number of ether oxygens (including phenoxy) is 1. The molecule has 0 unspecified atom stereocenters. The average molecular weight is 482 g/mol. The van der Waals surface area contributed by atoms with Crippen molar-refractivity contribution in [2.45, 2.75) is 38.7 Å². The van der Waals surface area contributed by atoms with Gasteiger partial charge in [-0.05, 0) is 48.9 Å². The van der Waals surface area contributed by atoms with Crippen LogP contribution < -0.4 is 10.6 Å². The van der Waals surface area contributed by atoms with Crippen molar-refractivity contribution in [1.29, 1.82) is 0 Å². The van der Waals surface area contributed by atoms with Crippen molar-refractivity contribution in [2.24, 2.45) is 5.92 Å². The van der Waals surface area contributed by atoms with Gasteiger partial charge in [0.05, 0.1) is 6.42 Å². The number of amides is 3. The maximum Gasteiger partial charge on any atom is 0.410 e. The average Bonchev–Trinajstić information content (AvgIpc) is 2.87. The zero-order valence-corrected chi connectivity index (χ0v) is 19.6. The molecule has 2 aromatic rings. The number of hydrogen-bond donors (Lipinski definition) is 3. The van der Waals surface area contributed by atoms with Gasteiger partial charge in [0.2, 0.25) is 5.91 Å². The lowest BCUT2D eigenvalue weighted by atomic mass is 9.92. The van der Waals surface area contributed by atoms with Crippen LogP contribution in [0.2, 0.25) is 0 Å². The first-order chi connectivity index (χ1) is 16.9. The van der Waals surface area contributed by atoms with E-state index >= 15 is 0 Å². The molecule has 1 heterocycles. The minimum absolute atomic E-state index is 0.0360. The molecule has 3 amide bonds. The van der Waals surface area contributed by atoms with Crippen LogP contribution in [0.1, 0.15) is 48.0 Å². The third-order valence-corrected chi connectivity index (χ3v) is 5.89. The van der Waals surface area contributed by atoms with Crippen molar-refractivity contribution in [3.8, 4) is 0 Å². The molecule has 0 bridgehead atoms.